The number of anilines is 1. The second kappa shape index (κ2) is 4.44. The first kappa shape index (κ1) is 11.3. The molecule has 0 saturated heterocycles. The third-order valence-corrected chi connectivity index (χ3v) is 3.33. The van der Waals surface area contributed by atoms with E-state index in [1.807, 2.05) is 18.6 Å². The highest BCUT2D eigenvalue weighted by atomic mass is 19.1. The van der Waals surface area contributed by atoms with Crippen molar-refractivity contribution in [1.82, 2.24) is 9.55 Å². The Morgan fingerprint density at radius 3 is 3.00 bits per heavy atom. The SMILES string of the molecule is Cc1ccc(NCc2cncn2C2CC2)cc1F. The van der Waals surface area contributed by atoms with E-state index in [0.717, 1.165) is 11.4 Å². The number of nitrogens with zero attached hydrogens (tertiary/aromatic N) is 2. The van der Waals surface area contributed by atoms with E-state index in [0.29, 0.717) is 18.2 Å². The Morgan fingerprint density at radius 1 is 1.44 bits per heavy atom. The van der Waals surface area contributed by atoms with E-state index in [-0.39, 0.29) is 5.82 Å². The van der Waals surface area contributed by atoms with Crippen molar-refractivity contribution < 1.29 is 4.39 Å². The van der Waals surface area contributed by atoms with Gasteiger partial charge in [0.2, 0.25) is 0 Å². The predicted molar refractivity (Wildman–Crippen MR) is 69.0 cm³/mol. The fraction of sp³-hybridized carbons (Fsp3) is 0.357. The van der Waals surface area contributed by atoms with Crippen LogP contribution in [0.25, 0.3) is 0 Å². The third kappa shape index (κ3) is 2.23. The van der Waals surface area contributed by atoms with E-state index in [2.05, 4.69) is 14.9 Å². The molecule has 0 spiro atoms. The molecule has 2 aromatic rings. The molecule has 0 bridgehead atoms. The Labute approximate surface area is 106 Å². The Hall–Kier alpha value is -1.84. The topological polar surface area (TPSA) is 29.9 Å². The quantitative estimate of drug-likeness (QED) is 0.895. The standard InChI is InChI=1S/C14H16FN3/c1-10-2-3-11(6-14(10)15)17-8-13-7-16-9-18(13)12-4-5-12/h2-3,6-7,9,12,17H,4-5,8H2,1H3. The summed E-state index contributed by atoms with van der Waals surface area (Å²) in [5.74, 6) is -0.171. The van der Waals surface area contributed by atoms with Gasteiger partial charge in [-0.25, -0.2) is 9.37 Å². The third-order valence-electron chi connectivity index (χ3n) is 3.33. The maximum atomic E-state index is 13.4. The number of aromatic nitrogens is 2. The summed E-state index contributed by atoms with van der Waals surface area (Å²) in [5, 5.41) is 3.24. The molecule has 3 nitrogen and oxygen atoms in total. The lowest BCUT2D eigenvalue weighted by Crippen LogP contribution is -2.06. The molecular formula is C14H16FN3. The van der Waals surface area contributed by atoms with Crippen LogP contribution in [0.3, 0.4) is 0 Å². The van der Waals surface area contributed by atoms with Crippen molar-refractivity contribution in [3.8, 4) is 0 Å². The van der Waals surface area contributed by atoms with Gasteiger partial charge in [-0.05, 0) is 37.5 Å². The molecule has 1 aliphatic carbocycles. The minimum atomic E-state index is -0.171. The lowest BCUT2D eigenvalue weighted by molar-refractivity contribution is 0.619. The first-order valence-corrected chi connectivity index (χ1v) is 6.25. The summed E-state index contributed by atoms with van der Waals surface area (Å²) in [6.07, 6.45) is 6.23. The molecule has 1 N–H and O–H groups in total. The van der Waals surface area contributed by atoms with Gasteiger partial charge in [0.1, 0.15) is 5.82 Å². The van der Waals surface area contributed by atoms with Gasteiger partial charge in [-0.2, -0.15) is 0 Å². The zero-order chi connectivity index (χ0) is 12.5. The van der Waals surface area contributed by atoms with E-state index in [1.165, 1.54) is 18.9 Å². The van der Waals surface area contributed by atoms with Crippen molar-refractivity contribution in [3.63, 3.8) is 0 Å². The van der Waals surface area contributed by atoms with Gasteiger partial charge in [0, 0.05) is 17.9 Å². The van der Waals surface area contributed by atoms with E-state index in [1.54, 1.807) is 13.0 Å². The monoisotopic (exact) mass is 245 g/mol. The number of rotatable bonds is 4. The molecule has 1 saturated carbocycles. The average molecular weight is 245 g/mol. The number of aryl methyl sites for hydroxylation is 1. The Balaban J connectivity index is 1.69. The van der Waals surface area contributed by atoms with Crippen molar-refractivity contribution >= 4 is 5.69 Å². The van der Waals surface area contributed by atoms with Gasteiger partial charge in [0.25, 0.3) is 0 Å². The van der Waals surface area contributed by atoms with Crippen LogP contribution in [0.5, 0.6) is 0 Å². The number of halogens is 1. The second-order valence-electron chi connectivity index (χ2n) is 4.84. The number of nitrogens with one attached hydrogen (secondary N) is 1. The molecule has 1 heterocycles. The van der Waals surface area contributed by atoms with Gasteiger partial charge in [0.05, 0.1) is 18.6 Å². The fourth-order valence-electron chi connectivity index (χ4n) is 2.05. The van der Waals surface area contributed by atoms with Crippen molar-refractivity contribution in [2.45, 2.75) is 32.4 Å². The second-order valence-corrected chi connectivity index (χ2v) is 4.84. The van der Waals surface area contributed by atoms with Gasteiger partial charge in [-0.1, -0.05) is 6.07 Å². The van der Waals surface area contributed by atoms with Crippen molar-refractivity contribution in [3.05, 3.63) is 47.8 Å². The molecule has 4 heteroatoms. The van der Waals surface area contributed by atoms with Crippen molar-refractivity contribution in [2.75, 3.05) is 5.32 Å². The van der Waals surface area contributed by atoms with Crippen LogP contribution in [0.15, 0.2) is 30.7 Å². The summed E-state index contributed by atoms with van der Waals surface area (Å²) in [5.41, 5.74) is 2.63. The number of benzene rings is 1. The number of hydrogen-bond acceptors (Lipinski definition) is 2. The Morgan fingerprint density at radius 2 is 2.28 bits per heavy atom. The van der Waals surface area contributed by atoms with E-state index >= 15 is 0 Å². The van der Waals surface area contributed by atoms with Crippen LogP contribution in [0.2, 0.25) is 0 Å². The summed E-state index contributed by atoms with van der Waals surface area (Å²) in [6, 6.07) is 5.85. The minimum absolute atomic E-state index is 0.171. The van der Waals surface area contributed by atoms with Crippen molar-refractivity contribution in [2.24, 2.45) is 0 Å². The molecular weight excluding hydrogens is 229 g/mol. The van der Waals surface area contributed by atoms with Crippen LogP contribution in [0.1, 0.15) is 30.1 Å². The van der Waals surface area contributed by atoms with Gasteiger partial charge < -0.3 is 9.88 Å². The molecule has 1 fully saturated rings. The van der Waals surface area contributed by atoms with E-state index < -0.39 is 0 Å². The number of imidazole rings is 1. The molecule has 18 heavy (non-hydrogen) atoms. The largest absolute Gasteiger partial charge is 0.379 e. The summed E-state index contributed by atoms with van der Waals surface area (Å²) in [7, 11) is 0. The highest BCUT2D eigenvalue weighted by Gasteiger charge is 2.24. The molecule has 0 aliphatic heterocycles. The van der Waals surface area contributed by atoms with Crippen LogP contribution in [-0.2, 0) is 6.54 Å². The predicted octanol–water partition coefficient (Wildman–Crippen LogP) is 3.28. The molecule has 0 unspecified atom stereocenters. The van der Waals surface area contributed by atoms with Gasteiger partial charge in [-0.3, -0.25) is 0 Å². The van der Waals surface area contributed by atoms with Crippen LogP contribution in [-0.4, -0.2) is 9.55 Å². The van der Waals surface area contributed by atoms with Crippen molar-refractivity contribution in [1.29, 1.82) is 0 Å². The van der Waals surface area contributed by atoms with Gasteiger partial charge in [-0.15, -0.1) is 0 Å². The zero-order valence-electron chi connectivity index (χ0n) is 10.4. The van der Waals surface area contributed by atoms with Gasteiger partial charge in [0.15, 0.2) is 0 Å². The molecule has 1 aromatic carbocycles. The summed E-state index contributed by atoms with van der Waals surface area (Å²) in [4.78, 5) is 4.18. The van der Waals surface area contributed by atoms with Crippen LogP contribution < -0.4 is 5.32 Å². The van der Waals surface area contributed by atoms with Crippen LogP contribution in [0.4, 0.5) is 10.1 Å². The summed E-state index contributed by atoms with van der Waals surface area (Å²) in [6.45, 7) is 2.44. The van der Waals surface area contributed by atoms with Gasteiger partial charge >= 0.3 is 0 Å². The smallest absolute Gasteiger partial charge is 0.128 e. The van der Waals surface area contributed by atoms with E-state index in [9.17, 15) is 4.39 Å². The highest BCUT2D eigenvalue weighted by molar-refractivity contribution is 5.45. The average Bonchev–Trinajstić information content (AvgIpc) is 3.10. The lowest BCUT2D eigenvalue weighted by Gasteiger charge is -2.09. The maximum absolute atomic E-state index is 13.4. The highest BCUT2D eigenvalue weighted by Crippen LogP contribution is 2.35. The fourth-order valence-corrected chi connectivity index (χ4v) is 2.05. The minimum Gasteiger partial charge on any atom is -0.379 e. The first-order chi connectivity index (χ1) is 8.74. The summed E-state index contributed by atoms with van der Waals surface area (Å²) < 4.78 is 15.6. The maximum Gasteiger partial charge on any atom is 0.128 e. The number of hydrogen-bond donors (Lipinski definition) is 1. The molecule has 1 aliphatic rings. The molecule has 1 aromatic heterocycles. The Kier molecular flexibility index (Phi) is 2.78. The van der Waals surface area contributed by atoms with E-state index in [4.69, 9.17) is 0 Å². The zero-order valence-corrected chi connectivity index (χ0v) is 10.4. The lowest BCUT2D eigenvalue weighted by atomic mass is 10.2. The van der Waals surface area contributed by atoms with Crippen LogP contribution in [0, 0.1) is 12.7 Å². The summed E-state index contributed by atoms with van der Waals surface area (Å²) >= 11 is 0. The molecule has 0 atom stereocenters. The molecule has 0 amide bonds. The first-order valence-electron chi connectivity index (χ1n) is 6.25. The molecule has 3 rings (SSSR count). The molecule has 0 radical (unpaired) electrons. The van der Waals surface area contributed by atoms with Crippen LogP contribution >= 0.6 is 0 Å². The normalized spacial score (nSPS) is 14.8. The molecule has 94 valence electrons. The Bertz CT molecular complexity index is 558.